The number of ether oxygens (including phenoxy) is 1. The number of rotatable bonds is 6. The molecule has 2 aromatic carbocycles. The lowest BCUT2D eigenvalue weighted by molar-refractivity contribution is -0.00000664. The summed E-state index contributed by atoms with van der Waals surface area (Å²) >= 11 is 0. The molecule has 1 atom stereocenters. The molecular formula is C25H28Cl2N2O. The molecule has 3 nitrogen and oxygen atoms in total. The zero-order valence-electron chi connectivity index (χ0n) is 17.6. The van der Waals surface area contributed by atoms with Crippen LogP contribution in [0, 0.1) is 6.08 Å². The molecule has 1 heterocycles. The van der Waals surface area contributed by atoms with Crippen molar-refractivity contribution in [2.45, 2.75) is 12.3 Å². The standard InChI is InChI=1S/C25H27N2O.2ClH/c1-26(2)15-16-28-20-13-14-25-23(18-20)22(17-19-9-5-4-6-10-19)21-11-7-8-12-24(21)27(25)3;;/h4-14,22H,15-17H2,1-3H3;2*1H/q+1;;/p-1. The van der Waals surface area contributed by atoms with Crippen molar-refractivity contribution in [3.63, 3.8) is 0 Å². The van der Waals surface area contributed by atoms with E-state index < -0.39 is 0 Å². The van der Waals surface area contributed by atoms with E-state index in [0.717, 1.165) is 18.7 Å². The van der Waals surface area contributed by atoms with Gasteiger partial charge >= 0.3 is 0 Å². The van der Waals surface area contributed by atoms with E-state index in [0.29, 0.717) is 6.61 Å². The SMILES string of the molecule is CN(C)CCOC1=[C+]C2=C(C=C1)N(C)c1ccccc1C2Cc1ccccc1.Cl.[Cl-]. The molecule has 2 aliphatic rings. The Hall–Kier alpha value is -2.29. The maximum absolute atomic E-state index is 5.99. The van der Waals surface area contributed by atoms with E-state index in [1.54, 1.807) is 0 Å². The molecule has 0 radical (unpaired) electrons. The maximum atomic E-state index is 5.99. The van der Waals surface area contributed by atoms with E-state index >= 15 is 0 Å². The van der Waals surface area contributed by atoms with E-state index in [1.165, 1.54) is 28.1 Å². The molecule has 0 spiro atoms. The Morgan fingerprint density at radius 3 is 2.43 bits per heavy atom. The summed E-state index contributed by atoms with van der Waals surface area (Å²) in [5.74, 6) is 1.09. The third-order valence-corrected chi connectivity index (χ3v) is 5.39. The van der Waals surface area contributed by atoms with Gasteiger partial charge in [-0.05, 0) is 37.7 Å². The lowest BCUT2D eigenvalue weighted by atomic mass is 9.79. The monoisotopic (exact) mass is 442 g/mol. The van der Waals surface area contributed by atoms with Crippen molar-refractivity contribution in [3.05, 3.63) is 101 Å². The van der Waals surface area contributed by atoms with Crippen molar-refractivity contribution in [2.75, 3.05) is 39.2 Å². The summed E-state index contributed by atoms with van der Waals surface area (Å²) in [4.78, 5) is 4.40. The summed E-state index contributed by atoms with van der Waals surface area (Å²) < 4.78 is 5.99. The highest BCUT2D eigenvalue weighted by molar-refractivity contribution is 5.85. The number of benzene rings is 2. The summed E-state index contributed by atoms with van der Waals surface area (Å²) in [6, 6.07) is 19.4. The van der Waals surface area contributed by atoms with Crippen molar-refractivity contribution in [1.29, 1.82) is 0 Å². The third-order valence-electron chi connectivity index (χ3n) is 5.39. The number of hydrogen-bond acceptors (Lipinski definition) is 3. The number of halogens is 2. The van der Waals surface area contributed by atoms with Crippen molar-refractivity contribution >= 4 is 18.1 Å². The van der Waals surface area contributed by atoms with Crippen LogP contribution in [0.1, 0.15) is 17.0 Å². The molecule has 1 aliphatic heterocycles. The highest BCUT2D eigenvalue weighted by Gasteiger charge is 2.37. The molecule has 2 aromatic rings. The Bertz CT molecular complexity index is 935. The van der Waals surface area contributed by atoms with Crippen LogP contribution in [0.4, 0.5) is 5.69 Å². The summed E-state index contributed by atoms with van der Waals surface area (Å²) in [6.45, 7) is 1.55. The first-order valence-corrected chi connectivity index (χ1v) is 9.84. The zero-order valence-corrected chi connectivity index (χ0v) is 19.2. The van der Waals surface area contributed by atoms with Crippen LogP contribution >= 0.6 is 12.4 Å². The van der Waals surface area contributed by atoms with E-state index in [9.17, 15) is 0 Å². The summed E-state index contributed by atoms with van der Waals surface area (Å²) in [6.07, 6.45) is 8.76. The van der Waals surface area contributed by atoms with Crippen LogP contribution in [0.15, 0.2) is 83.8 Å². The summed E-state index contributed by atoms with van der Waals surface area (Å²) in [5.41, 5.74) is 6.38. The van der Waals surface area contributed by atoms with E-state index in [2.05, 4.69) is 97.7 Å². The number of likely N-dealkylation sites (N-methyl/N-ethyl adjacent to an activating group) is 2. The lowest BCUT2D eigenvalue weighted by Crippen LogP contribution is -3.00. The molecule has 0 saturated carbocycles. The highest BCUT2D eigenvalue weighted by Crippen LogP contribution is 2.44. The van der Waals surface area contributed by atoms with Crippen molar-refractivity contribution < 1.29 is 17.1 Å². The van der Waals surface area contributed by atoms with Gasteiger partial charge in [0.25, 0.3) is 5.76 Å². The average molecular weight is 443 g/mol. The number of anilines is 1. The highest BCUT2D eigenvalue weighted by atomic mass is 35.5. The number of allylic oxidation sites excluding steroid dienone is 4. The number of para-hydroxylation sites is 1. The van der Waals surface area contributed by atoms with Crippen LogP contribution < -0.4 is 17.3 Å². The Morgan fingerprint density at radius 1 is 1.00 bits per heavy atom. The molecule has 1 aliphatic carbocycles. The predicted octanol–water partition coefficient (Wildman–Crippen LogP) is 1.98. The van der Waals surface area contributed by atoms with Gasteiger partial charge in [0, 0.05) is 13.6 Å². The average Bonchev–Trinajstić information content (AvgIpc) is 2.71. The molecule has 0 fully saturated rings. The Kier molecular flexibility index (Phi) is 8.52. The second kappa shape index (κ2) is 10.7. The first-order valence-electron chi connectivity index (χ1n) is 9.84. The van der Waals surface area contributed by atoms with Crippen LogP contribution in [0.25, 0.3) is 0 Å². The van der Waals surface area contributed by atoms with E-state index in [-0.39, 0.29) is 30.7 Å². The number of hydrogen-bond donors (Lipinski definition) is 0. The Balaban J connectivity index is 0.00000160. The van der Waals surface area contributed by atoms with Crippen molar-refractivity contribution in [3.8, 4) is 0 Å². The first-order chi connectivity index (χ1) is 13.6. The minimum absolute atomic E-state index is 0. The molecule has 1 unspecified atom stereocenters. The second-order valence-electron chi connectivity index (χ2n) is 7.63. The Labute approximate surface area is 192 Å². The fourth-order valence-corrected chi connectivity index (χ4v) is 3.90. The predicted molar refractivity (Wildman–Crippen MR) is 122 cm³/mol. The van der Waals surface area contributed by atoms with Gasteiger partial charge in [0.2, 0.25) is 0 Å². The Morgan fingerprint density at radius 2 is 1.70 bits per heavy atom. The van der Waals surface area contributed by atoms with Crippen molar-refractivity contribution in [2.24, 2.45) is 0 Å². The van der Waals surface area contributed by atoms with Crippen LogP contribution in [0.3, 0.4) is 0 Å². The minimum Gasteiger partial charge on any atom is -1.00 e. The molecular weight excluding hydrogens is 415 g/mol. The smallest absolute Gasteiger partial charge is 0.289 e. The quantitative estimate of drug-likeness (QED) is 0.636. The maximum Gasteiger partial charge on any atom is 0.289 e. The van der Waals surface area contributed by atoms with Gasteiger partial charge in [-0.1, -0.05) is 48.5 Å². The first kappa shape index (κ1) is 24.0. The number of nitrogens with zero attached hydrogens (tertiary/aromatic N) is 2. The van der Waals surface area contributed by atoms with Crippen LogP contribution in [-0.2, 0) is 11.2 Å². The van der Waals surface area contributed by atoms with Gasteiger partial charge in [-0.2, -0.15) is 0 Å². The van der Waals surface area contributed by atoms with Gasteiger partial charge < -0.3 is 22.0 Å². The van der Waals surface area contributed by atoms with Crippen LogP contribution in [0.5, 0.6) is 0 Å². The number of fused-ring (bicyclic) bond motifs is 1. The second-order valence-corrected chi connectivity index (χ2v) is 7.63. The van der Waals surface area contributed by atoms with Gasteiger partial charge in [0.1, 0.15) is 6.61 Å². The van der Waals surface area contributed by atoms with Gasteiger partial charge in [-0.3, -0.25) is 4.90 Å². The van der Waals surface area contributed by atoms with Crippen LogP contribution in [0.2, 0.25) is 0 Å². The van der Waals surface area contributed by atoms with Crippen molar-refractivity contribution in [1.82, 2.24) is 4.90 Å². The summed E-state index contributed by atoms with van der Waals surface area (Å²) in [7, 11) is 6.25. The fraction of sp³-hybridized carbons (Fsp3) is 0.280. The third kappa shape index (κ3) is 5.06. The molecule has 30 heavy (non-hydrogen) atoms. The van der Waals surface area contributed by atoms with E-state index in [4.69, 9.17) is 4.74 Å². The van der Waals surface area contributed by atoms with E-state index in [1.807, 2.05) is 6.08 Å². The van der Waals surface area contributed by atoms with Gasteiger partial charge in [-0.15, -0.1) is 12.4 Å². The molecule has 0 amide bonds. The topological polar surface area (TPSA) is 15.7 Å². The zero-order chi connectivity index (χ0) is 19.5. The molecule has 5 heteroatoms. The molecule has 4 rings (SSSR count). The normalized spacial score (nSPS) is 16.6. The van der Waals surface area contributed by atoms with Gasteiger partial charge in [0.05, 0.1) is 29.8 Å². The molecule has 0 bridgehead atoms. The molecule has 158 valence electrons. The van der Waals surface area contributed by atoms with Crippen LogP contribution in [-0.4, -0.2) is 39.2 Å². The molecule has 0 N–H and O–H groups in total. The molecule has 0 saturated heterocycles. The van der Waals surface area contributed by atoms with Gasteiger partial charge in [0.15, 0.2) is 11.3 Å². The lowest BCUT2D eigenvalue weighted by Gasteiger charge is -2.31. The summed E-state index contributed by atoms with van der Waals surface area (Å²) in [5, 5.41) is 0. The largest absolute Gasteiger partial charge is 1.00 e. The fourth-order valence-electron chi connectivity index (χ4n) is 3.90. The molecule has 0 aromatic heterocycles. The van der Waals surface area contributed by atoms with Gasteiger partial charge in [-0.25, -0.2) is 0 Å². The minimum atomic E-state index is 0.